The summed E-state index contributed by atoms with van der Waals surface area (Å²) < 4.78 is 0. The topological polar surface area (TPSA) is 58.4 Å². The molecule has 4 nitrogen and oxygen atoms in total. The molecule has 2 atom stereocenters. The number of rotatable bonds is 4. The highest BCUT2D eigenvalue weighted by Crippen LogP contribution is 2.28. The molecule has 1 fully saturated rings. The number of benzene rings is 1. The molecule has 21 heavy (non-hydrogen) atoms. The lowest BCUT2D eigenvalue weighted by molar-refractivity contribution is -0.121. The van der Waals surface area contributed by atoms with Crippen LogP contribution in [0.2, 0.25) is 5.02 Å². The van der Waals surface area contributed by atoms with Gasteiger partial charge < -0.3 is 11.1 Å². The normalized spacial score (nSPS) is 20.7. The lowest BCUT2D eigenvalue weighted by Gasteiger charge is -2.32. The van der Waals surface area contributed by atoms with Gasteiger partial charge in [-0.2, -0.15) is 0 Å². The predicted octanol–water partition coefficient (Wildman–Crippen LogP) is 3.37. The highest BCUT2D eigenvalue weighted by molar-refractivity contribution is 6.34. The summed E-state index contributed by atoms with van der Waals surface area (Å²) in [5.74, 6) is 0.539. The Morgan fingerprint density at radius 2 is 2.14 bits per heavy atom. The molecule has 3 N–H and O–H groups in total. The predicted molar refractivity (Wildman–Crippen MR) is 88.5 cm³/mol. The van der Waals surface area contributed by atoms with Crippen molar-refractivity contribution in [3.05, 3.63) is 23.2 Å². The van der Waals surface area contributed by atoms with Gasteiger partial charge >= 0.3 is 0 Å². The first-order chi connectivity index (χ1) is 9.90. The van der Waals surface area contributed by atoms with Crippen molar-refractivity contribution in [2.45, 2.75) is 45.7 Å². The van der Waals surface area contributed by atoms with E-state index in [1.165, 1.54) is 0 Å². The third-order valence-electron chi connectivity index (χ3n) is 4.24. The van der Waals surface area contributed by atoms with Crippen molar-refractivity contribution in [1.82, 2.24) is 4.90 Å². The molecule has 1 aromatic rings. The molecule has 1 amide bonds. The van der Waals surface area contributed by atoms with Crippen molar-refractivity contribution in [1.29, 1.82) is 0 Å². The van der Waals surface area contributed by atoms with Gasteiger partial charge in [-0.1, -0.05) is 25.4 Å². The number of likely N-dealkylation sites (tertiary alicyclic amines) is 1. The van der Waals surface area contributed by atoms with Crippen molar-refractivity contribution in [3.63, 3.8) is 0 Å². The average molecular weight is 310 g/mol. The molecule has 1 saturated heterocycles. The number of nitrogen functional groups attached to an aromatic ring is 1. The Bertz CT molecular complexity index is 518. The number of amides is 1. The van der Waals surface area contributed by atoms with Crippen LogP contribution >= 0.6 is 11.6 Å². The van der Waals surface area contributed by atoms with E-state index in [0.29, 0.717) is 28.4 Å². The molecule has 116 valence electrons. The van der Waals surface area contributed by atoms with Gasteiger partial charge in [0.25, 0.3) is 0 Å². The number of anilines is 2. The number of hydrogen-bond acceptors (Lipinski definition) is 3. The Kier molecular flexibility index (Phi) is 5.12. The first kappa shape index (κ1) is 16.1. The van der Waals surface area contributed by atoms with Crippen LogP contribution in [0.15, 0.2) is 18.2 Å². The summed E-state index contributed by atoms with van der Waals surface area (Å²) in [5.41, 5.74) is 6.87. The van der Waals surface area contributed by atoms with Crippen LogP contribution in [0.25, 0.3) is 0 Å². The second-order valence-electron chi connectivity index (χ2n) is 6.10. The van der Waals surface area contributed by atoms with Gasteiger partial charge in [0.05, 0.1) is 16.8 Å². The zero-order valence-electron chi connectivity index (χ0n) is 12.9. The van der Waals surface area contributed by atoms with E-state index in [1.807, 2.05) is 6.92 Å². The molecule has 5 heteroatoms. The van der Waals surface area contributed by atoms with Crippen molar-refractivity contribution < 1.29 is 4.79 Å². The number of nitrogens with two attached hydrogens (primary N) is 1. The molecule has 0 aromatic heterocycles. The fourth-order valence-electron chi connectivity index (χ4n) is 3.03. The Labute approximate surface area is 131 Å². The summed E-state index contributed by atoms with van der Waals surface area (Å²) >= 11 is 6.11. The first-order valence-corrected chi connectivity index (χ1v) is 7.89. The van der Waals surface area contributed by atoms with Crippen molar-refractivity contribution in [3.8, 4) is 0 Å². The van der Waals surface area contributed by atoms with Crippen molar-refractivity contribution in [2.24, 2.45) is 5.92 Å². The minimum Gasteiger partial charge on any atom is -0.399 e. The van der Waals surface area contributed by atoms with E-state index < -0.39 is 0 Å². The molecule has 1 aliphatic rings. The Balaban J connectivity index is 2.05. The van der Waals surface area contributed by atoms with Gasteiger partial charge in [-0.3, -0.25) is 9.69 Å². The first-order valence-electron chi connectivity index (χ1n) is 7.51. The number of nitrogens with one attached hydrogen (secondary N) is 1. The number of carbonyl (C=O) groups is 1. The molecule has 1 heterocycles. The van der Waals surface area contributed by atoms with Gasteiger partial charge in [-0.25, -0.2) is 0 Å². The average Bonchev–Trinajstić information content (AvgIpc) is 2.90. The highest BCUT2D eigenvalue weighted by atomic mass is 35.5. The monoisotopic (exact) mass is 309 g/mol. The zero-order chi connectivity index (χ0) is 15.6. The smallest absolute Gasteiger partial charge is 0.241 e. The maximum absolute atomic E-state index is 12.5. The number of nitrogens with zero attached hydrogens (tertiary/aromatic N) is 1. The van der Waals surface area contributed by atoms with Crippen LogP contribution in [0.1, 0.15) is 33.6 Å². The van der Waals surface area contributed by atoms with E-state index in [9.17, 15) is 4.79 Å². The molecule has 0 saturated carbocycles. The zero-order valence-corrected chi connectivity index (χ0v) is 13.7. The lowest BCUT2D eigenvalue weighted by atomic mass is 10.0. The Morgan fingerprint density at radius 3 is 2.76 bits per heavy atom. The second kappa shape index (κ2) is 6.67. The Hall–Kier alpha value is -1.26. The fourth-order valence-corrected chi connectivity index (χ4v) is 3.27. The molecule has 1 aliphatic heterocycles. The summed E-state index contributed by atoms with van der Waals surface area (Å²) in [6.07, 6.45) is 2.32. The van der Waals surface area contributed by atoms with Gasteiger partial charge in [0, 0.05) is 11.7 Å². The van der Waals surface area contributed by atoms with Crippen LogP contribution in [-0.2, 0) is 4.79 Å². The molecule has 2 rings (SSSR count). The van der Waals surface area contributed by atoms with Crippen LogP contribution in [0, 0.1) is 5.92 Å². The fraction of sp³-hybridized carbons (Fsp3) is 0.562. The van der Waals surface area contributed by atoms with Crippen LogP contribution in [-0.4, -0.2) is 29.4 Å². The molecule has 0 radical (unpaired) electrons. The van der Waals surface area contributed by atoms with E-state index in [2.05, 4.69) is 24.1 Å². The van der Waals surface area contributed by atoms with Gasteiger partial charge in [-0.05, 0) is 50.4 Å². The summed E-state index contributed by atoms with van der Waals surface area (Å²) in [5, 5.41) is 3.38. The lowest BCUT2D eigenvalue weighted by Crippen LogP contribution is -2.46. The van der Waals surface area contributed by atoms with Gasteiger partial charge in [0.1, 0.15) is 0 Å². The third-order valence-corrected chi connectivity index (χ3v) is 4.55. The van der Waals surface area contributed by atoms with E-state index in [1.54, 1.807) is 18.2 Å². The van der Waals surface area contributed by atoms with Gasteiger partial charge in [0.2, 0.25) is 5.91 Å². The van der Waals surface area contributed by atoms with Crippen LogP contribution < -0.4 is 11.1 Å². The summed E-state index contributed by atoms with van der Waals surface area (Å²) in [4.78, 5) is 14.8. The van der Waals surface area contributed by atoms with Gasteiger partial charge in [0.15, 0.2) is 0 Å². The minimum absolute atomic E-state index is 0.0192. The molecule has 0 bridgehead atoms. The van der Waals surface area contributed by atoms with Crippen molar-refractivity contribution in [2.75, 3.05) is 17.6 Å². The van der Waals surface area contributed by atoms with Crippen LogP contribution in [0.3, 0.4) is 0 Å². The molecule has 2 unspecified atom stereocenters. The van der Waals surface area contributed by atoms with E-state index in [-0.39, 0.29) is 11.9 Å². The maximum Gasteiger partial charge on any atom is 0.241 e. The number of carbonyl (C=O) groups excluding carboxylic acids is 1. The quantitative estimate of drug-likeness (QED) is 0.838. The van der Waals surface area contributed by atoms with E-state index in [4.69, 9.17) is 17.3 Å². The molecular weight excluding hydrogens is 286 g/mol. The largest absolute Gasteiger partial charge is 0.399 e. The number of halogens is 1. The maximum atomic E-state index is 12.5. The van der Waals surface area contributed by atoms with Gasteiger partial charge in [-0.15, -0.1) is 0 Å². The summed E-state index contributed by atoms with van der Waals surface area (Å²) in [6.45, 7) is 7.36. The standard InChI is InChI=1S/C16H24ClN3O/c1-10(2)15-5-4-8-20(15)11(3)16(21)19-14-7-6-12(18)9-13(14)17/h6-7,9-11,15H,4-5,8,18H2,1-3H3,(H,19,21). The minimum atomic E-state index is -0.159. The SMILES string of the molecule is CC(C)C1CCCN1C(C)C(=O)Nc1ccc(N)cc1Cl. The molecule has 1 aromatic carbocycles. The van der Waals surface area contributed by atoms with Crippen LogP contribution in [0.4, 0.5) is 11.4 Å². The summed E-state index contributed by atoms with van der Waals surface area (Å²) in [7, 11) is 0. The van der Waals surface area contributed by atoms with Crippen molar-refractivity contribution >= 4 is 28.9 Å². The molecular formula is C16H24ClN3O. The highest BCUT2D eigenvalue weighted by Gasteiger charge is 2.33. The van der Waals surface area contributed by atoms with E-state index in [0.717, 1.165) is 19.4 Å². The number of hydrogen-bond donors (Lipinski definition) is 2. The Morgan fingerprint density at radius 1 is 1.43 bits per heavy atom. The molecule has 0 aliphatic carbocycles. The van der Waals surface area contributed by atoms with E-state index >= 15 is 0 Å². The third kappa shape index (κ3) is 3.69. The van der Waals surface area contributed by atoms with Crippen LogP contribution in [0.5, 0.6) is 0 Å². The summed E-state index contributed by atoms with van der Waals surface area (Å²) in [6, 6.07) is 5.45. The molecule has 0 spiro atoms. The second-order valence-corrected chi connectivity index (χ2v) is 6.50.